The van der Waals surface area contributed by atoms with Crippen molar-refractivity contribution in [2.45, 2.75) is 58.1 Å². The number of aliphatic hydroxyl groups excluding tert-OH is 1. The molecule has 1 aromatic heterocycles. The van der Waals surface area contributed by atoms with Crippen molar-refractivity contribution in [3.05, 3.63) is 17.0 Å². The third kappa shape index (κ3) is 3.81. The van der Waals surface area contributed by atoms with E-state index >= 15 is 0 Å². The van der Waals surface area contributed by atoms with Crippen LogP contribution in [-0.2, 0) is 24.1 Å². The molecule has 134 valence electrons. The lowest BCUT2D eigenvalue weighted by molar-refractivity contribution is 0.0587. The normalized spacial score (nSPS) is 20.6. The Morgan fingerprint density at radius 1 is 1.29 bits per heavy atom. The van der Waals surface area contributed by atoms with Crippen LogP contribution in [-0.4, -0.2) is 58.6 Å². The number of β-amino-alcohol motifs (C(OH)–C–C–N with tert-alkyl or cyclic N) is 1. The lowest BCUT2D eigenvalue weighted by Gasteiger charge is -2.31. The molecule has 0 amide bonds. The zero-order valence-electron chi connectivity index (χ0n) is 14.8. The molecule has 3 rings (SSSR count). The molecule has 1 saturated heterocycles. The van der Waals surface area contributed by atoms with Crippen molar-refractivity contribution in [3.8, 4) is 0 Å². The maximum atomic E-state index is 12.0. The highest BCUT2D eigenvalue weighted by atomic mass is 16.5. The lowest BCUT2D eigenvalue weighted by atomic mass is 9.95. The summed E-state index contributed by atoms with van der Waals surface area (Å²) in [6.45, 7) is 5.53. The topological polar surface area (TPSA) is 67.6 Å². The van der Waals surface area contributed by atoms with Crippen molar-refractivity contribution in [3.63, 3.8) is 0 Å². The molecule has 6 nitrogen and oxygen atoms in total. The van der Waals surface area contributed by atoms with Gasteiger partial charge in [-0.3, -0.25) is 4.68 Å². The molecule has 0 aromatic carbocycles. The van der Waals surface area contributed by atoms with Crippen LogP contribution >= 0.6 is 0 Å². The monoisotopic (exact) mass is 335 g/mol. The molecular weight excluding hydrogens is 306 g/mol. The zero-order valence-corrected chi connectivity index (χ0v) is 14.8. The first-order chi connectivity index (χ1) is 11.6. The van der Waals surface area contributed by atoms with Crippen LogP contribution in [0.25, 0.3) is 0 Å². The van der Waals surface area contributed by atoms with Crippen molar-refractivity contribution in [2.24, 2.45) is 5.92 Å². The van der Waals surface area contributed by atoms with E-state index in [0.717, 1.165) is 55.9 Å². The van der Waals surface area contributed by atoms with Gasteiger partial charge in [-0.25, -0.2) is 4.79 Å². The number of hydrogen-bond donors (Lipinski definition) is 1. The second-order valence-corrected chi connectivity index (χ2v) is 7.29. The molecule has 1 fully saturated rings. The number of ether oxygens (including phenoxy) is 1. The summed E-state index contributed by atoms with van der Waals surface area (Å²) in [7, 11) is 1.39. The maximum absolute atomic E-state index is 12.0. The van der Waals surface area contributed by atoms with E-state index in [1.165, 1.54) is 20.0 Å². The van der Waals surface area contributed by atoms with Crippen molar-refractivity contribution in [1.82, 2.24) is 14.7 Å². The Kier molecular flexibility index (Phi) is 5.56. The second-order valence-electron chi connectivity index (χ2n) is 7.29. The maximum Gasteiger partial charge on any atom is 0.358 e. The van der Waals surface area contributed by atoms with Gasteiger partial charge < -0.3 is 14.7 Å². The first kappa shape index (κ1) is 17.4. The average molecular weight is 335 g/mol. The predicted octanol–water partition coefficient (Wildman–Crippen LogP) is 1.64. The van der Waals surface area contributed by atoms with Crippen LogP contribution in [0, 0.1) is 5.92 Å². The summed E-state index contributed by atoms with van der Waals surface area (Å²) < 4.78 is 6.71. The Morgan fingerprint density at radius 3 is 2.71 bits per heavy atom. The molecule has 24 heavy (non-hydrogen) atoms. The molecule has 2 aliphatic rings. The van der Waals surface area contributed by atoms with Gasteiger partial charge in [0, 0.05) is 17.8 Å². The van der Waals surface area contributed by atoms with Gasteiger partial charge in [-0.2, -0.15) is 5.10 Å². The van der Waals surface area contributed by atoms with Gasteiger partial charge in [0.25, 0.3) is 0 Å². The van der Waals surface area contributed by atoms with Crippen LogP contribution in [0.1, 0.15) is 54.4 Å². The van der Waals surface area contributed by atoms with E-state index in [0.29, 0.717) is 18.8 Å². The second kappa shape index (κ2) is 7.66. The molecule has 1 aliphatic heterocycles. The fourth-order valence-corrected chi connectivity index (χ4v) is 3.88. The Hall–Kier alpha value is -1.40. The Balaban J connectivity index is 1.68. The Morgan fingerprint density at radius 2 is 2.00 bits per heavy atom. The number of aromatic nitrogens is 2. The number of hydrogen-bond acceptors (Lipinski definition) is 5. The fraction of sp³-hybridized carbons (Fsp3) is 0.778. The molecule has 6 heteroatoms. The minimum absolute atomic E-state index is 0.369. The molecular formula is C18H29N3O3. The van der Waals surface area contributed by atoms with E-state index < -0.39 is 6.10 Å². The summed E-state index contributed by atoms with van der Waals surface area (Å²) in [5.74, 6) is 0.422. The fourth-order valence-electron chi connectivity index (χ4n) is 3.88. The van der Waals surface area contributed by atoms with E-state index in [4.69, 9.17) is 4.74 Å². The van der Waals surface area contributed by atoms with Gasteiger partial charge >= 0.3 is 5.97 Å². The molecule has 1 atom stereocenters. The summed E-state index contributed by atoms with van der Waals surface area (Å²) in [4.78, 5) is 14.3. The predicted molar refractivity (Wildman–Crippen MR) is 91.1 cm³/mol. The van der Waals surface area contributed by atoms with E-state index in [1.54, 1.807) is 0 Å². The first-order valence-electron chi connectivity index (χ1n) is 9.15. The highest BCUT2D eigenvalue weighted by molar-refractivity contribution is 5.89. The summed E-state index contributed by atoms with van der Waals surface area (Å²) in [5, 5.41) is 15.0. The van der Waals surface area contributed by atoms with Crippen LogP contribution < -0.4 is 0 Å². The van der Waals surface area contributed by atoms with Gasteiger partial charge in [-0.05, 0) is 57.5 Å². The molecule has 0 radical (unpaired) electrons. The number of methoxy groups -OCH3 is 1. The van der Waals surface area contributed by atoms with Crippen molar-refractivity contribution in [2.75, 3.05) is 26.7 Å². The van der Waals surface area contributed by atoms with Crippen molar-refractivity contribution in [1.29, 1.82) is 0 Å². The summed E-state index contributed by atoms with van der Waals surface area (Å²) >= 11 is 0. The third-order valence-electron chi connectivity index (χ3n) is 5.36. The largest absolute Gasteiger partial charge is 0.464 e. The number of esters is 1. The number of rotatable bonds is 5. The Bertz CT molecular complexity index is 576. The molecule has 1 aromatic rings. The van der Waals surface area contributed by atoms with Crippen LogP contribution in [0.15, 0.2) is 0 Å². The summed E-state index contributed by atoms with van der Waals surface area (Å²) in [6.07, 6.45) is 5.94. The summed E-state index contributed by atoms with van der Waals surface area (Å²) in [5.41, 5.74) is 2.56. The zero-order chi connectivity index (χ0) is 17.1. The van der Waals surface area contributed by atoms with Gasteiger partial charge in [0.15, 0.2) is 5.69 Å². The Labute approximate surface area is 143 Å². The number of carbonyl (C=O) groups is 1. The van der Waals surface area contributed by atoms with E-state index in [-0.39, 0.29) is 5.97 Å². The quantitative estimate of drug-likeness (QED) is 0.829. The van der Waals surface area contributed by atoms with Crippen LogP contribution in [0.5, 0.6) is 0 Å². The van der Waals surface area contributed by atoms with Crippen molar-refractivity contribution < 1.29 is 14.6 Å². The minimum atomic E-state index is -0.463. The standard InChI is InChI=1S/C18H29N3O3/c1-13-7-9-20(10-8-13)11-14(22)12-21-16-6-4-3-5-15(16)17(19-21)18(23)24-2/h13-14,22H,3-12H2,1-2H3. The number of carbonyl (C=O) groups excluding carboxylic acids is 1. The van der Waals surface area contributed by atoms with Crippen LogP contribution in [0.2, 0.25) is 0 Å². The number of aliphatic hydroxyl groups is 1. The number of fused-ring (bicyclic) bond motifs is 1. The van der Waals surface area contributed by atoms with Crippen LogP contribution in [0.4, 0.5) is 0 Å². The molecule has 1 aliphatic carbocycles. The molecule has 2 heterocycles. The van der Waals surface area contributed by atoms with E-state index in [9.17, 15) is 9.90 Å². The smallest absolute Gasteiger partial charge is 0.358 e. The highest BCUT2D eigenvalue weighted by Crippen LogP contribution is 2.25. The number of nitrogens with zero attached hydrogens (tertiary/aromatic N) is 3. The molecule has 0 saturated carbocycles. The minimum Gasteiger partial charge on any atom is -0.464 e. The van der Waals surface area contributed by atoms with Crippen molar-refractivity contribution >= 4 is 5.97 Å². The molecule has 1 unspecified atom stereocenters. The first-order valence-corrected chi connectivity index (χ1v) is 9.15. The molecule has 0 spiro atoms. The molecule has 1 N–H and O–H groups in total. The average Bonchev–Trinajstić information content (AvgIpc) is 2.95. The van der Waals surface area contributed by atoms with Crippen LogP contribution in [0.3, 0.4) is 0 Å². The van der Waals surface area contributed by atoms with Gasteiger partial charge in [-0.1, -0.05) is 6.92 Å². The molecule has 0 bridgehead atoms. The van der Waals surface area contributed by atoms with Gasteiger partial charge in [0.05, 0.1) is 19.8 Å². The van der Waals surface area contributed by atoms with Gasteiger partial charge in [0.1, 0.15) is 0 Å². The van der Waals surface area contributed by atoms with Gasteiger partial charge in [0.2, 0.25) is 0 Å². The highest BCUT2D eigenvalue weighted by Gasteiger charge is 2.27. The third-order valence-corrected chi connectivity index (χ3v) is 5.36. The number of likely N-dealkylation sites (tertiary alicyclic amines) is 1. The van der Waals surface area contributed by atoms with E-state index in [2.05, 4.69) is 16.9 Å². The lowest BCUT2D eigenvalue weighted by Crippen LogP contribution is -2.40. The van der Waals surface area contributed by atoms with E-state index in [1.807, 2.05) is 4.68 Å². The SMILES string of the molecule is COC(=O)c1nn(CC(O)CN2CCC(C)CC2)c2c1CCCC2. The summed E-state index contributed by atoms with van der Waals surface area (Å²) in [6, 6.07) is 0. The van der Waals surface area contributed by atoms with Gasteiger partial charge in [-0.15, -0.1) is 0 Å². The number of piperidine rings is 1.